The number of carbonyl (C=O) groups excluding carboxylic acids is 1. The zero-order valence-electron chi connectivity index (χ0n) is 14.8. The summed E-state index contributed by atoms with van der Waals surface area (Å²) in [5, 5.41) is 10.8. The highest BCUT2D eigenvalue weighted by Crippen LogP contribution is 2.61. The lowest BCUT2D eigenvalue weighted by Crippen LogP contribution is -2.53. The number of sulfone groups is 1. The maximum absolute atomic E-state index is 12.0. The van der Waals surface area contributed by atoms with Gasteiger partial charge in [0, 0.05) is 11.8 Å². The minimum Gasteiger partial charge on any atom is -0.478 e. The molecule has 4 aliphatic carbocycles. The molecule has 0 saturated heterocycles. The van der Waals surface area contributed by atoms with E-state index < -0.39 is 27.3 Å². The Morgan fingerprint density at radius 1 is 1.27 bits per heavy atom. The van der Waals surface area contributed by atoms with Gasteiger partial charge in [-0.15, -0.1) is 0 Å². The van der Waals surface area contributed by atoms with Crippen molar-refractivity contribution in [3.8, 4) is 5.75 Å². The lowest BCUT2D eigenvalue weighted by atomic mass is 9.49. The lowest BCUT2D eigenvalue weighted by Gasteiger charge is -2.58. The SMILES string of the molecule is CS(=O)(=O)COc1ccc(C(N)=O)c(C2C3CC4CC2CC(O)(C4)C3)c1. The summed E-state index contributed by atoms with van der Waals surface area (Å²) < 4.78 is 28.2. The second-order valence-corrected chi connectivity index (χ2v) is 10.6. The molecule has 0 heterocycles. The maximum Gasteiger partial charge on any atom is 0.248 e. The summed E-state index contributed by atoms with van der Waals surface area (Å²) in [5.74, 6) is 0.933. The average Bonchev–Trinajstić information content (AvgIpc) is 2.50. The fraction of sp³-hybridized carbons (Fsp3) is 0.632. The first-order valence-corrected chi connectivity index (χ1v) is 11.2. The molecule has 4 fully saturated rings. The van der Waals surface area contributed by atoms with Crippen LogP contribution in [0.2, 0.25) is 0 Å². The van der Waals surface area contributed by atoms with Crippen LogP contribution in [0.4, 0.5) is 0 Å². The van der Waals surface area contributed by atoms with Gasteiger partial charge in [-0.3, -0.25) is 4.79 Å². The predicted octanol–water partition coefficient (Wildman–Crippen LogP) is 1.82. The minimum atomic E-state index is -3.26. The van der Waals surface area contributed by atoms with Crippen molar-refractivity contribution in [1.82, 2.24) is 0 Å². The van der Waals surface area contributed by atoms with Crippen LogP contribution in [0, 0.1) is 17.8 Å². The van der Waals surface area contributed by atoms with Crippen molar-refractivity contribution in [3.63, 3.8) is 0 Å². The molecule has 2 unspecified atom stereocenters. The van der Waals surface area contributed by atoms with Crippen LogP contribution in [0.15, 0.2) is 18.2 Å². The van der Waals surface area contributed by atoms with Crippen molar-refractivity contribution >= 4 is 15.7 Å². The van der Waals surface area contributed by atoms with Crippen molar-refractivity contribution < 1.29 is 23.1 Å². The van der Waals surface area contributed by atoms with Gasteiger partial charge in [0.05, 0.1) is 5.60 Å². The largest absolute Gasteiger partial charge is 0.478 e. The van der Waals surface area contributed by atoms with Crippen LogP contribution >= 0.6 is 0 Å². The van der Waals surface area contributed by atoms with E-state index in [0.717, 1.165) is 43.9 Å². The molecular weight excluding hydrogens is 354 g/mol. The number of hydrogen-bond acceptors (Lipinski definition) is 5. The number of aliphatic hydroxyl groups is 1. The van der Waals surface area contributed by atoms with Gasteiger partial charge in [-0.2, -0.15) is 0 Å². The van der Waals surface area contributed by atoms with Gasteiger partial charge in [0.1, 0.15) is 5.75 Å². The summed E-state index contributed by atoms with van der Waals surface area (Å²) in [5.41, 5.74) is 6.37. The Balaban J connectivity index is 1.69. The van der Waals surface area contributed by atoms with E-state index in [9.17, 15) is 18.3 Å². The van der Waals surface area contributed by atoms with E-state index in [2.05, 4.69) is 0 Å². The Kier molecular flexibility index (Phi) is 4.08. The topological polar surface area (TPSA) is 107 Å². The first kappa shape index (κ1) is 17.8. The molecule has 6 nitrogen and oxygen atoms in total. The Labute approximate surface area is 153 Å². The van der Waals surface area contributed by atoms with Gasteiger partial charge in [-0.1, -0.05) is 0 Å². The van der Waals surface area contributed by atoms with Crippen molar-refractivity contribution in [2.45, 2.75) is 43.6 Å². The zero-order chi connectivity index (χ0) is 18.7. The third-order valence-electron chi connectivity index (χ3n) is 6.33. The maximum atomic E-state index is 12.0. The third kappa shape index (κ3) is 3.22. The molecule has 7 heteroatoms. The van der Waals surface area contributed by atoms with Crippen molar-refractivity contribution in [3.05, 3.63) is 29.3 Å². The van der Waals surface area contributed by atoms with E-state index in [0.29, 0.717) is 29.1 Å². The van der Waals surface area contributed by atoms with Crippen LogP contribution in [0.3, 0.4) is 0 Å². The molecule has 0 spiro atoms. The Morgan fingerprint density at radius 3 is 2.46 bits per heavy atom. The molecule has 5 rings (SSSR count). The summed E-state index contributed by atoms with van der Waals surface area (Å²) >= 11 is 0. The number of rotatable bonds is 5. The van der Waals surface area contributed by atoms with Crippen LogP contribution in [-0.4, -0.2) is 37.2 Å². The fourth-order valence-electron chi connectivity index (χ4n) is 5.80. The van der Waals surface area contributed by atoms with Gasteiger partial charge < -0.3 is 15.6 Å². The summed E-state index contributed by atoms with van der Waals surface area (Å²) in [4.78, 5) is 12.0. The number of primary amides is 1. The Morgan fingerprint density at radius 2 is 1.92 bits per heavy atom. The summed E-state index contributed by atoms with van der Waals surface area (Å²) in [7, 11) is -3.26. The standard InChI is InChI=1S/C19H25NO5S/c1-26(23,24)10-25-14-2-3-15(18(20)21)16(6-14)17-12-4-11-5-13(17)9-19(22,7-11)8-12/h2-3,6,11-13,17,22H,4-5,7-10H2,1H3,(H2,20,21). The molecule has 26 heavy (non-hydrogen) atoms. The van der Waals surface area contributed by atoms with Crippen LogP contribution < -0.4 is 10.5 Å². The van der Waals surface area contributed by atoms with E-state index in [1.165, 1.54) is 0 Å². The van der Waals surface area contributed by atoms with E-state index in [-0.39, 0.29) is 5.92 Å². The second kappa shape index (κ2) is 5.96. The molecule has 3 N–H and O–H groups in total. The molecule has 0 radical (unpaired) electrons. The minimum absolute atomic E-state index is 0.163. The monoisotopic (exact) mass is 379 g/mol. The first-order valence-electron chi connectivity index (χ1n) is 9.10. The van der Waals surface area contributed by atoms with Crippen LogP contribution in [0.5, 0.6) is 5.75 Å². The molecule has 4 aliphatic rings. The van der Waals surface area contributed by atoms with Crippen LogP contribution in [-0.2, 0) is 9.84 Å². The highest BCUT2D eigenvalue weighted by Gasteiger charge is 2.55. The number of hydrogen-bond donors (Lipinski definition) is 2. The summed E-state index contributed by atoms with van der Waals surface area (Å²) in [6.07, 6.45) is 5.66. The zero-order valence-corrected chi connectivity index (χ0v) is 15.7. The molecule has 1 aromatic carbocycles. The quantitative estimate of drug-likeness (QED) is 0.811. The number of amides is 1. The summed E-state index contributed by atoms with van der Waals surface area (Å²) in [6.45, 7) is 0. The van der Waals surface area contributed by atoms with Crippen LogP contribution in [0.1, 0.15) is 53.9 Å². The highest BCUT2D eigenvalue weighted by atomic mass is 32.2. The Hall–Kier alpha value is -1.60. The normalized spacial score (nSPS) is 35.5. The number of benzene rings is 1. The Bertz CT molecular complexity index is 833. The van der Waals surface area contributed by atoms with Gasteiger partial charge >= 0.3 is 0 Å². The van der Waals surface area contributed by atoms with E-state index in [1.54, 1.807) is 18.2 Å². The number of carbonyl (C=O) groups is 1. The molecule has 4 saturated carbocycles. The molecule has 0 aliphatic heterocycles. The van der Waals surface area contributed by atoms with E-state index in [4.69, 9.17) is 10.5 Å². The molecule has 1 aromatic rings. The third-order valence-corrected chi connectivity index (χ3v) is 6.87. The molecule has 142 valence electrons. The van der Waals surface area contributed by atoms with Crippen molar-refractivity contribution in [2.24, 2.45) is 23.5 Å². The van der Waals surface area contributed by atoms with E-state index >= 15 is 0 Å². The molecular formula is C19H25NO5S. The van der Waals surface area contributed by atoms with Crippen LogP contribution in [0.25, 0.3) is 0 Å². The van der Waals surface area contributed by atoms with Gasteiger partial charge in [0.15, 0.2) is 15.8 Å². The number of nitrogens with two attached hydrogens (primary N) is 1. The highest BCUT2D eigenvalue weighted by molar-refractivity contribution is 7.90. The summed E-state index contributed by atoms with van der Waals surface area (Å²) in [6, 6.07) is 5.01. The number of ether oxygens (including phenoxy) is 1. The van der Waals surface area contributed by atoms with Gasteiger partial charge in [-0.25, -0.2) is 8.42 Å². The van der Waals surface area contributed by atoms with E-state index in [1.807, 2.05) is 0 Å². The smallest absolute Gasteiger partial charge is 0.248 e. The molecule has 2 atom stereocenters. The van der Waals surface area contributed by atoms with Gasteiger partial charge in [-0.05, 0) is 79.5 Å². The van der Waals surface area contributed by atoms with Gasteiger partial charge in [0.2, 0.25) is 5.91 Å². The van der Waals surface area contributed by atoms with Crippen molar-refractivity contribution in [1.29, 1.82) is 0 Å². The predicted molar refractivity (Wildman–Crippen MR) is 96.5 cm³/mol. The molecule has 4 bridgehead atoms. The molecule has 1 amide bonds. The lowest BCUT2D eigenvalue weighted by molar-refractivity contribution is -0.134. The average molecular weight is 379 g/mol. The fourth-order valence-corrected chi connectivity index (χ4v) is 6.15. The molecule has 0 aromatic heterocycles. The van der Waals surface area contributed by atoms with Gasteiger partial charge in [0.25, 0.3) is 0 Å². The van der Waals surface area contributed by atoms with Crippen molar-refractivity contribution in [2.75, 3.05) is 12.2 Å². The first-order chi connectivity index (χ1) is 12.1. The second-order valence-electron chi connectivity index (χ2n) is 8.52.